The number of hydrogen-bond acceptors (Lipinski definition) is 4. The number of anilines is 1. The van der Waals surface area contributed by atoms with Gasteiger partial charge in [0.15, 0.2) is 0 Å². The van der Waals surface area contributed by atoms with Gasteiger partial charge in [0.2, 0.25) is 5.91 Å². The van der Waals surface area contributed by atoms with Gasteiger partial charge in [-0.1, -0.05) is 51.2 Å². The number of amides is 3. The first-order valence-electron chi connectivity index (χ1n) is 12.2. The number of nitrogens with one attached hydrogen (secondary N) is 1. The van der Waals surface area contributed by atoms with E-state index in [9.17, 15) is 9.59 Å². The van der Waals surface area contributed by atoms with Gasteiger partial charge in [-0.25, -0.2) is 4.79 Å². The van der Waals surface area contributed by atoms with Gasteiger partial charge in [-0.2, -0.15) is 0 Å². The molecule has 8 nitrogen and oxygen atoms in total. The van der Waals surface area contributed by atoms with Gasteiger partial charge in [0.05, 0.1) is 0 Å². The summed E-state index contributed by atoms with van der Waals surface area (Å²) < 4.78 is 0. The van der Waals surface area contributed by atoms with Crippen LogP contribution in [0.4, 0.5) is 10.5 Å². The van der Waals surface area contributed by atoms with Gasteiger partial charge in [-0.15, -0.1) is 0 Å². The molecule has 0 bridgehead atoms. The molecule has 3 amide bonds. The highest BCUT2D eigenvalue weighted by molar-refractivity contribution is 5.92. The lowest BCUT2D eigenvalue weighted by Gasteiger charge is -2.38. The molecule has 0 saturated carbocycles. The smallest absolute Gasteiger partial charge is 0.317 e. The molecule has 1 heterocycles. The zero-order valence-electron chi connectivity index (χ0n) is 20.3. The topological polar surface area (TPSA) is 116 Å². The van der Waals surface area contributed by atoms with Crippen LogP contribution in [0.3, 0.4) is 0 Å². The zero-order chi connectivity index (χ0) is 24.5. The molecule has 33 heavy (non-hydrogen) atoms. The van der Waals surface area contributed by atoms with Crippen LogP contribution in [0.5, 0.6) is 0 Å². The van der Waals surface area contributed by atoms with Crippen LogP contribution in [0, 0.1) is 0 Å². The fourth-order valence-electron chi connectivity index (χ4n) is 4.18. The third-order valence-electron chi connectivity index (χ3n) is 5.91. The number of nitrogens with zero attached hydrogens (tertiary/aromatic N) is 2. The van der Waals surface area contributed by atoms with Gasteiger partial charge in [0.25, 0.3) is 6.47 Å². The van der Waals surface area contributed by atoms with Crippen LogP contribution < -0.4 is 16.0 Å². The fraction of sp³-hybridized carbons (Fsp3) is 0.640. The molecule has 0 aliphatic carbocycles. The summed E-state index contributed by atoms with van der Waals surface area (Å²) >= 11 is 0. The van der Waals surface area contributed by atoms with E-state index in [2.05, 4.69) is 12.2 Å². The Labute approximate surface area is 198 Å². The van der Waals surface area contributed by atoms with E-state index in [0.717, 1.165) is 37.9 Å². The first-order valence-corrected chi connectivity index (χ1v) is 12.2. The fourth-order valence-corrected chi connectivity index (χ4v) is 4.18. The average molecular weight is 463 g/mol. The van der Waals surface area contributed by atoms with Gasteiger partial charge in [0.1, 0.15) is 0 Å². The van der Waals surface area contributed by atoms with Crippen molar-refractivity contribution in [2.45, 2.75) is 77.7 Å². The molecule has 0 aromatic heterocycles. The number of hydrogen-bond donors (Lipinski definition) is 3. The predicted molar refractivity (Wildman–Crippen MR) is 132 cm³/mol. The largest absolute Gasteiger partial charge is 0.483 e. The van der Waals surface area contributed by atoms with E-state index in [1.165, 1.54) is 37.7 Å². The lowest BCUT2D eigenvalue weighted by Crippen LogP contribution is -2.50. The Balaban J connectivity index is 0.00000172. The molecular weight excluding hydrogens is 420 g/mol. The maximum atomic E-state index is 12.4. The van der Waals surface area contributed by atoms with E-state index in [-0.39, 0.29) is 24.5 Å². The minimum absolute atomic E-state index is 0.0301. The molecule has 186 valence electrons. The number of nitrogens with two attached hydrogens (primary N) is 1. The van der Waals surface area contributed by atoms with Gasteiger partial charge >= 0.3 is 6.03 Å². The zero-order valence-corrected chi connectivity index (χ0v) is 20.3. The van der Waals surface area contributed by atoms with E-state index < -0.39 is 0 Å². The van der Waals surface area contributed by atoms with Crippen molar-refractivity contribution in [1.82, 2.24) is 10.2 Å². The third kappa shape index (κ3) is 10.7. The Morgan fingerprint density at radius 2 is 1.70 bits per heavy atom. The number of benzene rings is 1. The Morgan fingerprint density at radius 3 is 2.24 bits per heavy atom. The van der Waals surface area contributed by atoms with E-state index in [0.29, 0.717) is 19.6 Å². The highest BCUT2D eigenvalue weighted by Gasteiger charge is 2.29. The van der Waals surface area contributed by atoms with Crippen LogP contribution in [-0.4, -0.2) is 60.6 Å². The number of carbonyl (C=O) groups is 3. The molecule has 8 heteroatoms. The third-order valence-corrected chi connectivity index (χ3v) is 5.91. The van der Waals surface area contributed by atoms with Crippen molar-refractivity contribution in [3.63, 3.8) is 0 Å². The van der Waals surface area contributed by atoms with Crippen LogP contribution >= 0.6 is 0 Å². The van der Waals surface area contributed by atoms with Gasteiger partial charge < -0.3 is 26.0 Å². The molecule has 1 saturated heterocycles. The molecule has 2 rings (SSSR count). The summed E-state index contributed by atoms with van der Waals surface area (Å²) in [5, 5.41) is 9.95. The number of rotatable bonds is 11. The summed E-state index contributed by atoms with van der Waals surface area (Å²) in [6.45, 7) is 6.32. The second-order valence-electron chi connectivity index (χ2n) is 8.42. The van der Waals surface area contributed by atoms with Crippen molar-refractivity contribution in [3.8, 4) is 0 Å². The first kappa shape index (κ1) is 28.4. The maximum absolute atomic E-state index is 12.4. The van der Waals surface area contributed by atoms with Gasteiger partial charge in [-0.05, 0) is 49.9 Å². The van der Waals surface area contributed by atoms with E-state index in [1.54, 1.807) is 6.92 Å². The van der Waals surface area contributed by atoms with Crippen molar-refractivity contribution in [2.24, 2.45) is 5.73 Å². The second-order valence-corrected chi connectivity index (χ2v) is 8.42. The maximum Gasteiger partial charge on any atom is 0.317 e. The lowest BCUT2D eigenvalue weighted by molar-refractivity contribution is -0.123. The molecule has 1 aliphatic heterocycles. The van der Waals surface area contributed by atoms with Crippen molar-refractivity contribution in [2.75, 3.05) is 31.1 Å². The molecular formula is C25H42N4O4. The van der Waals surface area contributed by atoms with E-state index in [4.69, 9.17) is 15.6 Å². The lowest BCUT2D eigenvalue weighted by atomic mass is 10.0. The Bertz CT molecular complexity index is 688. The summed E-state index contributed by atoms with van der Waals surface area (Å²) in [7, 11) is 0. The average Bonchev–Trinajstić information content (AvgIpc) is 2.80. The van der Waals surface area contributed by atoms with Crippen molar-refractivity contribution in [3.05, 3.63) is 29.8 Å². The van der Waals surface area contributed by atoms with Crippen LogP contribution in [0.2, 0.25) is 0 Å². The summed E-state index contributed by atoms with van der Waals surface area (Å²) in [6, 6.07) is 8.26. The Kier molecular flexibility index (Phi) is 14.6. The number of unbranched alkanes of at least 4 members (excludes halogenated alkanes) is 5. The van der Waals surface area contributed by atoms with Crippen LogP contribution in [0.1, 0.15) is 70.8 Å². The summed E-state index contributed by atoms with van der Waals surface area (Å²) in [4.78, 5) is 36.9. The van der Waals surface area contributed by atoms with Crippen molar-refractivity contribution < 1.29 is 19.5 Å². The van der Waals surface area contributed by atoms with Gasteiger partial charge in [-0.3, -0.25) is 9.59 Å². The number of piperidine rings is 1. The standard InChI is InChI=1S/C24H40N4O2.CH2O2/c1-3-4-5-6-7-8-17-26-24(30)27-18-14-23(15-19-27)28(20(2)29)22-11-9-21(10-12-22)13-16-25;2-1-3/h9-12,23H,3-8,13-19,25H2,1-2H3,(H,26,30);1H,(H,2,3). The van der Waals surface area contributed by atoms with E-state index in [1.807, 2.05) is 34.1 Å². The normalized spacial score (nSPS) is 13.6. The quantitative estimate of drug-likeness (QED) is 0.342. The number of likely N-dealkylation sites (tertiary alicyclic amines) is 1. The Morgan fingerprint density at radius 1 is 1.12 bits per heavy atom. The minimum Gasteiger partial charge on any atom is -0.483 e. The molecule has 0 radical (unpaired) electrons. The first-order chi connectivity index (χ1) is 16.0. The SMILES string of the molecule is CCCCCCCCNC(=O)N1CCC(N(C(C)=O)c2ccc(CCN)cc2)CC1.O=CO. The Hall–Kier alpha value is -2.61. The van der Waals surface area contributed by atoms with Crippen LogP contribution in [0.25, 0.3) is 0 Å². The molecule has 0 spiro atoms. The number of carboxylic acid groups (broad SMARTS) is 1. The minimum atomic E-state index is -0.250. The van der Waals surface area contributed by atoms with E-state index >= 15 is 0 Å². The second kappa shape index (κ2) is 16.9. The highest BCUT2D eigenvalue weighted by Crippen LogP contribution is 2.24. The molecule has 0 unspecified atom stereocenters. The van der Waals surface area contributed by atoms with Crippen molar-refractivity contribution in [1.29, 1.82) is 0 Å². The monoisotopic (exact) mass is 462 g/mol. The van der Waals surface area contributed by atoms with Crippen LogP contribution in [-0.2, 0) is 16.0 Å². The molecule has 0 atom stereocenters. The van der Waals surface area contributed by atoms with Gasteiger partial charge in [0, 0.05) is 38.3 Å². The molecule has 1 aliphatic rings. The predicted octanol–water partition coefficient (Wildman–Crippen LogP) is 3.78. The number of urea groups is 1. The summed E-state index contributed by atoms with van der Waals surface area (Å²) in [6.07, 6.45) is 9.77. The number of carbonyl (C=O) groups excluding carboxylic acids is 2. The van der Waals surface area contributed by atoms with Crippen LogP contribution in [0.15, 0.2) is 24.3 Å². The highest BCUT2D eigenvalue weighted by atomic mass is 16.3. The molecule has 4 N–H and O–H groups in total. The molecule has 1 aromatic carbocycles. The summed E-state index contributed by atoms with van der Waals surface area (Å²) in [5.74, 6) is 0.0487. The van der Waals surface area contributed by atoms with Crippen molar-refractivity contribution >= 4 is 24.1 Å². The summed E-state index contributed by atoms with van der Waals surface area (Å²) in [5.41, 5.74) is 7.73. The molecule has 1 fully saturated rings. The molecule has 1 aromatic rings.